The first kappa shape index (κ1) is 16.4. The number of fused-ring (bicyclic) bond motifs is 1. The zero-order valence-electron chi connectivity index (χ0n) is 13.5. The normalized spacial score (nSPS) is 20.9. The van der Waals surface area contributed by atoms with Crippen LogP contribution >= 0.6 is 0 Å². The third kappa shape index (κ3) is 3.71. The van der Waals surface area contributed by atoms with Crippen molar-refractivity contribution >= 4 is 22.7 Å². The maximum Gasteiger partial charge on any atom is 0.239 e. The van der Waals surface area contributed by atoms with Gasteiger partial charge in [0.1, 0.15) is 0 Å². The Labute approximate surface area is 140 Å². The summed E-state index contributed by atoms with van der Waals surface area (Å²) in [6.45, 7) is 1.32. The minimum atomic E-state index is -0.307. The predicted octanol–water partition coefficient (Wildman–Crippen LogP) is 1.30. The van der Waals surface area contributed by atoms with Crippen molar-refractivity contribution in [3.63, 3.8) is 0 Å². The molecule has 2 aromatic rings. The summed E-state index contributed by atoms with van der Waals surface area (Å²) < 4.78 is 0. The Morgan fingerprint density at radius 1 is 1.33 bits per heavy atom. The average molecular weight is 327 g/mol. The Kier molecular flexibility index (Phi) is 4.76. The van der Waals surface area contributed by atoms with E-state index in [0.29, 0.717) is 12.8 Å². The van der Waals surface area contributed by atoms with E-state index >= 15 is 0 Å². The van der Waals surface area contributed by atoms with Gasteiger partial charge in [-0.15, -0.1) is 0 Å². The number of nitrogens with zero attached hydrogens (tertiary/aromatic N) is 1. The molecule has 6 heteroatoms. The number of carbonyl (C=O) groups is 2. The van der Waals surface area contributed by atoms with Crippen molar-refractivity contribution in [2.24, 2.45) is 5.92 Å². The summed E-state index contributed by atoms with van der Waals surface area (Å²) in [5, 5.41) is 16.1. The van der Waals surface area contributed by atoms with Crippen molar-refractivity contribution in [2.45, 2.75) is 31.9 Å². The van der Waals surface area contributed by atoms with Crippen molar-refractivity contribution < 1.29 is 14.7 Å². The van der Waals surface area contributed by atoms with Crippen LogP contribution in [0.3, 0.4) is 0 Å². The number of benzene rings is 1. The molecule has 0 aliphatic heterocycles. The highest BCUT2D eigenvalue weighted by molar-refractivity contribution is 5.84. The van der Waals surface area contributed by atoms with Gasteiger partial charge in [0.25, 0.3) is 0 Å². The molecular weight excluding hydrogens is 306 g/mol. The summed E-state index contributed by atoms with van der Waals surface area (Å²) in [5.74, 6) is -0.317. The molecule has 1 heterocycles. The number of aliphatic hydroxyl groups is 1. The highest BCUT2D eigenvalue weighted by Crippen LogP contribution is 2.38. The molecule has 1 atom stereocenters. The van der Waals surface area contributed by atoms with E-state index in [4.69, 9.17) is 0 Å². The smallest absolute Gasteiger partial charge is 0.239 e. The summed E-state index contributed by atoms with van der Waals surface area (Å²) >= 11 is 0. The Hall–Kier alpha value is -2.47. The molecule has 0 bridgehead atoms. The van der Waals surface area contributed by atoms with Crippen LogP contribution < -0.4 is 10.6 Å². The number of aliphatic hydroxyl groups excluding tert-OH is 1. The van der Waals surface area contributed by atoms with E-state index in [1.807, 2.05) is 30.3 Å². The minimum Gasteiger partial charge on any atom is -0.393 e. The number of rotatable bonds is 5. The van der Waals surface area contributed by atoms with Crippen molar-refractivity contribution in [3.05, 3.63) is 42.1 Å². The molecule has 0 saturated heterocycles. The summed E-state index contributed by atoms with van der Waals surface area (Å²) in [5.41, 5.74) is 1.82. The van der Waals surface area contributed by atoms with E-state index in [-0.39, 0.29) is 36.4 Å². The highest BCUT2D eigenvalue weighted by Gasteiger charge is 2.35. The van der Waals surface area contributed by atoms with Crippen molar-refractivity contribution in [2.75, 3.05) is 6.54 Å². The fraction of sp³-hybridized carbons (Fsp3) is 0.389. The summed E-state index contributed by atoms with van der Waals surface area (Å²) in [7, 11) is 0. The van der Waals surface area contributed by atoms with Crippen LogP contribution in [-0.2, 0) is 9.59 Å². The zero-order valence-corrected chi connectivity index (χ0v) is 13.5. The lowest BCUT2D eigenvalue weighted by Gasteiger charge is -2.38. The second kappa shape index (κ2) is 6.97. The molecule has 2 amide bonds. The number of amides is 2. The molecule has 6 nitrogen and oxygen atoms in total. The van der Waals surface area contributed by atoms with Gasteiger partial charge in [0.05, 0.1) is 24.2 Å². The topological polar surface area (TPSA) is 91.3 Å². The molecule has 1 aliphatic rings. The molecule has 3 N–H and O–H groups in total. The largest absolute Gasteiger partial charge is 0.393 e. The number of hydrogen-bond acceptors (Lipinski definition) is 4. The lowest BCUT2D eigenvalue weighted by Crippen LogP contribution is -2.44. The number of carbonyl (C=O) groups excluding carboxylic acids is 2. The number of para-hydroxylation sites is 1. The van der Waals surface area contributed by atoms with Crippen LogP contribution in [0.1, 0.15) is 31.4 Å². The molecule has 126 valence electrons. The molecule has 24 heavy (non-hydrogen) atoms. The van der Waals surface area contributed by atoms with Gasteiger partial charge in [-0.1, -0.05) is 18.2 Å². The van der Waals surface area contributed by atoms with E-state index in [9.17, 15) is 14.7 Å². The van der Waals surface area contributed by atoms with Gasteiger partial charge in [0, 0.05) is 18.5 Å². The molecule has 3 rings (SSSR count). The monoisotopic (exact) mass is 327 g/mol. The molecule has 0 radical (unpaired) electrons. The van der Waals surface area contributed by atoms with Gasteiger partial charge in [-0.3, -0.25) is 14.6 Å². The van der Waals surface area contributed by atoms with Crippen molar-refractivity contribution in [3.8, 4) is 0 Å². The van der Waals surface area contributed by atoms with Crippen LogP contribution in [0.25, 0.3) is 10.9 Å². The number of hydrogen-bond donors (Lipinski definition) is 3. The van der Waals surface area contributed by atoms with Crippen LogP contribution in [0.5, 0.6) is 0 Å². The van der Waals surface area contributed by atoms with E-state index in [0.717, 1.165) is 16.5 Å². The van der Waals surface area contributed by atoms with Crippen molar-refractivity contribution in [1.82, 2.24) is 15.6 Å². The van der Waals surface area contributed by atoms with Gasteiger partial charge in [-0.25, -0.2) is 0 Å². The average Bonchev–Trinajstić information content (AvgIpc) is 2.55. The van der Waals surface area contributed by atoms with Crippen LogP contribution in [0.2, 0.25) is 0 Å². The third-order valence-corrected chi connectivity index (χ3v) is 4.41. The van der Waals surface area contributed by atoms with Gasteiger partial charge >= 0.3 is 0 Å². The Bertz CT molecular complexity index is 756. The van der Waals surface area contributed by atoms with E-state index in [2.05, 4.69) is 15.6 Å². The fourth-order valence-corrected chi connectivity index (χ4v) is 3.06. The van der Waals surface area contributed by atoms with Crippen molar-refractivity contribution in [1.29, 1.82) is 0 Å². The lowest BCUT2D eigenvalue weighted by molar-refractivity contribution is -0.126. The molecule has 1 saturated carbocycles. The van der Waals surface area contributed by atoms with E-state index in [1.54, 1.807) is 6.20 Å². The standard InChI is InChI=1S/C18H21N3O3/c1-11(22)19-10-17(24)21-18(13-7-15(23)8-13)14-6-12-4-2-3-5-16(12)20-9-14/h2-6,9,13,15,18,23H,7-8,10H2,1H3,(H,19,22)(H,21,24)/t13?,15?,18-/m0/s1. The van der Waals surface area contributed by atoms with Gasteiger partial charge in [0.15, 0.2) is 0 Å². The third-order valence-electron chi connectivity index (χ3n) is 4.41. The highest BCUT2D eigenvalue weighted by atomic mass is 16.3. The molecular formula is C18H21N3O3. The molecule has 1 aromatic heterocycles. The second-order valence-electron chi connectivity index (χ2n) is 6.30. The molecule has 1 fully saturated rings. The Morgan fingerprint density at radius 2 is 2.08 bits per heavy atom. The fourth-order valence-electron chi connectivity index (χ4n) is 3.06. The maximum atomic E-state index is 12.1. The van der Waals surface area contributed by atoms with E-state index < -0.39 is 0 Å². The molecule has 0 unspecified atom stereocenters. The number of pyridine rings is 1. The maximum absolute atomic E-state index is 12.1. The molecule has 1 aromatic carbocycles. The Morgan fingerprint density at radius 3 is 2.79 bits per heavy atom. The molecule has 1 aliphatic carbocycles. The van der Waals surface area contributed by atoms with Gasteiger partial charge in [0.2, 0.25) is 11.8 Å². The van der Waals surface area contributed by atoms with Gasteiger partial charge in [-0.2, -0.15) is 0 Å². The van der Waals surface area contributed by atoms with Gasteiger partial charge < -0.3 is 15.7 Å². The van der Waals surface area contributed by atoms with Crippen LogP contribution in [0.4, 0.5) is 0 Å². The zero-order chi connectivity index (χ0) is 17.1. The first-order valence-corrected chi connectivity index (χ1v) is 8.09. The van der Waals surface area contributed by atoms with Gasteiger partial charge in [-0.05, 0) is 36.5 Å². The van der Waals surface area contributed by atoms with E-state index in [1.165, 1.54) is 6.92 Å². The van der Waals surface area contributed by atoms with Crippen LogP contribution in [-0.4, -0.2) is 34.6 Å². The predicted molar refractivity (Wildman–Crippen MR) is 90.0 cm³/mol. The number of aromatic nitrogens is 1. The van der Waals surface area contributed by atoms with Crippen LogP contribution in [0.15, 0.2) is 36.5 Å². The minimum absolute atomic E-state index is 0.0535. The second-order valence-corrected chi connectivity index (χ2v) is 6.30. The molecule has 0 spiro atoms. The summed E-state index contributed by atoms with van der Waals surface area (Å²) in [4.78, 5) is 27.5. The lowest BCUT2D eigenvalue weighted by atomic mass is 9.75. The first-order chi connectivity index (χ1) is 11.5. The number of nitrogens with one attached hydrogen (secondary N) is 2. The van der Waals surface area contributed by atoms with Crippen LogP contribution in [0, 0.1) is 5.92 Å². The first-order valence-electron chi connectivity index (χ1n) is 8.09. The Balaban J connectivity index is 1.80. The summed E-state index contributed by atoms with van der Waals surface area (Å²) in [6.07, 6.45) is 2.77. The summed E-state index contributed by atoms with van der Waals surface area (Å²) in [6, 6.07) is 9.62. The SMILES string of the molecule is CC(=O)NCC(=O)N[C@H](c1cnc2ccccc2c1)C1CC(O)C1. The quantitative estimate of drug-likeness (QED) is 0.772.